The van der Waals surface area contributed by atoms with Crippen molar-refractivity contribution in [3.8, 4) is 17.0 Å². The van der Waals surface area contributed by atoms with Gasteiger partial charge in [-0.25, -0.2) is 0 Å². The fraction of sp³-hybridized carbons (Fsp3) is 0.308. The van der Waals surface area contributed by atoms with Gasteiger partial charge in [0.2, 0.25) is 0 Å². The molecule has 1 aromatic heterocycles. The fourth-order valence-electron chi connectivity index (χ4n) is 1.81. The van der Waals surface area contributed by atoms with Gasteiger partial charge in [0.05, 0.1) is 17.2 Å². The number of rotatable bonds is 5. The standard InChI is InChI=1S/C13H15N3O3/c1-3-8-19-13-5-4-10(16(17)18)9-11(13)12-6-7-14-15(12)2/h4-7,9H,3,8H2,1-2H3. The van der Waals surface area contributed by atoms with Gasteiger partial charge in [-0.2, -0.15) is 5.10 Å². The van der Waals surface area contributed by atoms with E-state index in [2.05, 4.69) is 5.10 Å². The molecule has 0 saturated heterocycles. The minimum Gasteiger partial charge on any atom is -0.493 e. The predicted molar refractivity (Wildman–Crippen MR) is 71.1 cm³/mol. The second kappa shape index (κ2) is 5.51. The van der Waals surface area contributed by atoms with Gasteiger partial charge in [0, 0.05) is 30.9 Å². The summed E-state index contributed by atoms with van der Waals surface area (Å²) in [5.41, 5.74) is 1.51. The highest BCUT2D eigenvalue weighted by Crippen LogP contribution is 2.33. The van der Waals surface area contributed by atoms with Crippen LogP contribution in [0.2, 0.25) is 0 Å². The van der Waals surface area contributed by atoms with Gasteiger partial charge in [-0.15, -0.1) is 0 Å². The third-order valence-corrected chi connectivity index (χ3v) is 2.73. The van der Waals surface area contributed by atoms with Gasteiger partial charge in [-0.3, -0.25) is 14.8 Å². The van der Waals surface area contributed by atoms with Gasteiger partial charge in [0.15, 0.2) is 0 Å². The molecule has 1 heterocycles. The first-order valence-electron chi connectivity index (χ1n) is 6.03. The fourth-order valence-corrected chi connectivity index (χ4v) is 1.81. The summed E-state index contributed by atoms with van der Waals surface area (Å²) in [4.78, 5) is 10.5. The van der Waals surface area contributed by atoms with Crippen molar-refractivity contribution in [2.24, 2.45) is 7.05 Å². The quantitative estimate of drug-likeness (QED) is 0.613. The molecule has 0 spiro atoms. The lowest BCUT2D eigenvalue weighted by molar-refractivity contribution is -0.384. The molecule has 0 aliphatic heterocycles. The lowest BCUT2D eigenvalue weighted by Gasteiger charge is -2.11. The largest absolute Gasteiger partial charge is 0.493 e. The molecule has 0 atom stereocenters. The lowest BCUT2D eigenvalue weighted by atomic mass is 10.1. The summed E-state index contributed by atoms with van der Waals surface area (Å²) in [7, 11) is 1.79. The Morgan fingerprint density at radius 3 is 2.79 bits per heavy atom. The van der Waals surface area contributed by atoms with Gasteiger partial charge >= 0.3 is 0 Å². The van der Waals surface area contributed by atoms with E-state index in [1.54, 1.807) is 30.1 Å². The monoisotopic (exact) mass is 261 g/mol. The van der Waals surface area contributed by atoms with Crippen molar-refractivity contribution in [3.63, 3.8) is 0 Å². The number of ether oxygens (including phenoxy) is 1. The van der Waals surface area contributed by atoms with Gasteiger partial charge in [-0.05, 0) is 18.6 Å². The van der Waals surface area contributed by atoms with Crippen molar-refractivity contribution < 1.29 is 9.66 Å². The SMILES string of the molecule is CCCOc1ccc([N+](=O)[O-])cc1-c1ccnn1C. The average Bonchev–Trinajstić information content (AvgIpc) is 2.82. The number of nitrogens with zero attached hydrogens (tertiary/aromatic N) is 3. The zero-order valence-electron chi connectivity index (χ0n) is 10.9. The summed E-state index contributed by atoms with van der Waals surface area (Å²) in [6.07, 6.45) is 2.53. The molecule has 0 N–H and O–H groups in total. The van der Waals surface area contributed by atoms with E-state index in [0.717, 1.165) is 12.1 Å². The third kappa shape index (κ3) is 2.73. The van der Waals surface area contributed by atoms with E-state index in [-0.39, 0.29) is 5.69 Å². The average molecular weight is 261 g/mol. The van der Waals surface area contributed by atoms with Crippen LogP contribution in [-0.2, 0) is 7.05 Å². The van der Waals surface area contributed by atoms with Crippen molar-refractivity contribution >= 4 is 5.69 Å². The highest BCUT2D eigenvalue weighted by atomic mass is 16.6. The van der Waals surface area contributed by atoms with E-state index in [0.29, 0.717) is 17.9 Å². The first-order valence-corrected chi connectivity index (χ1v) is 6.03. The van der Waals surface area contributed by atoms with Crippen molar-refractivity contribution in [1.29, 1.82) is 0 Å². The van der Waals surface area contributed by atoms with Crippen LogP contribution in [0.25, 0.3) is 11.3 Å². The Labute approximate surface area is 110 Å². The van der Waals surface area contributed by atoms with E-state index >= 15 is 0 Å². The maximum atomic E-state index is 10.9. The maximum absolute atomic E-state index is 10.9. The first kappa shape index (κ1) is 13.1. The van der Waals surface area contributed by atoms with Crippen LogP contribution >= 0.6 is 0 Å². The molecule has 1 aromatic carbocycles. The van der Waals surface area contributed by atoms with Crippen LogP contribution in [0, 0.1) is 10.1 Å². The second-order valence-electron chi connectivity index (χ2n) is 4.13. The third-order valence-electron chi connectivity index (χ3n) is 2.73. The summed E-state index contributed by atoms with van der Waals surface area (Å²) >= 11 is 0. The molecule has 0 unspecified atom stereocenters. The van der Waals surface area contributed by atoms with E-state index in [1.165, 1.54) is 12.1 Å². The first-order chi connectivity index (χ1) is 9.13. The summed E-state index contributed by atoms with van der Waals surface area (Å²) in [5.74, 6) is 0.635. The van der Waals surface area contributed by atoms with Crippen molar-refractivity contribution in [2.45, 2.75) is 13.3 Å². The molecule has 100 valence electrons. The minimum atomic E-state index is -0.413. The van der Waals surface area contributed by atoms with Crippen LogP contribution in [0.4, 0.5) is 5.69 Å². The van der Waals surface area contributed by atoms with Gasteiger partial charge in [0.25, 0.3) is 5.69 Å². The molecular weight excluding hydrogens is 246 g/mol. The van der Waals surface area contributed by atoms with Crippen LogP contribution in [0.1, 0.15) is 13.3 Å². The summed E-state index contributed by atoms with van der Waals surface area (Å²) < 4.78 is 7.30. The van der Waals surface area contributed by atoms with Gasteiger partial charge in [-0.1, -0.05) is 6.92 Å². The number of aromatic nitrogens is 2. The topological polar surface area (TPSA) is 70.2 Å². The summed E-state index contributed by atoms with van der Waals surface area (Å²) in [6, 6.07) is 6.40. The molecule has 0 saturated carbocycles. The highest BCUT2D eigenvalue weighted by Gasteiger charge is 2.15. The second-order valence-corrected chi connectivity index (χ2v) is 4.13. The number of nitro groups is 1. The van der Waals surface area contributed by atoms with E-state index < -0.39 is 4.92 Å². The number of benzene rings is 1. The highest BCUT2D eigenvalue weighted by molar-refractivity contribution is 5.70. The van der Waals surface area contributed by atoms with E-state index in [4.69, 9.17) is 4.74 Å². The smallest absolute Gasteiger partial charge is 0.270 e. The lowest BCUT2D eigenvalue weighted by Crippen LogP contribution is -2.00. The Bertz CT molecular complexity index is 593. The van der Waals surface area contributed by atoms with Crippen LogP contribution in [-0.4, -0.2) is 21.3 Å². The molecule has 19 heavy (non-hydrogen) atoms. The molecular formula is C13H15N3O3. The Kier molecular flexibility index (Phi) is 3.79. The van der Waals surface area contributed by atoms with Crippen molar-refractivity contribution in [1.82, 2.24) is 9.78 Å². The van der Waals surface area contributed by atoms with Crippen LogP contribution in [0.15, 0.2) is 30.5 Å². The Hall–Kier alpha value is -2.37. The van der Waals surface area contributed by atoms with Crippen LogP contribution < -0.4 is 4.74 Å². The van der Waals surface area contributed by atoms with Crippen molar-refractivity contribution in [2.75, 3.05) is 6.61 Å². The molecule has 2 rings (SSSR count). The van der Waals surface area contributed by atoms with Crippen LogP contribution in [0.3, 0.4) is 0 Å². The van der Waals surface area contributed by atoms with Gasteiger partial charge in [0.1, 0.15) is 5.75 Å². The number of hydrogen-bond donors (Lipinski definition) is 0. The maximum Gasteiger partial charge on any atom is 0.270 e. The predicted octanol–water partition coefficient (Wildman–Crippen LogP) is 2.78. The molecule has 0 aliphatic carbocycles. The zero-order chi connectivity index (χ0) is 13.8. The molecule has 0 amide bonds. The number of nitro benzene ring substituents is 1. The molecule has 0 fully saturated rings. The molecule has 0 radical (unpaired) electrons. The molecule has 6 nitrogen and oxygen atoms in total. The Morgan fingerprint density at radius 2 is 2.21 bits per heavy atom. The zero-order valence-corrected chi connectivity index (χ0v) is 10.9. The summed E-state index contributed by atoms with van der Waals surface area (Å²) in [5, 5.41) is 15.0. The molecule has 0 aliphatic rings. The molecule has 0 bridgehead atoms. The Balaban J connectivity index is 2.50. The normalized spacial score (nSPS) is 10.4. The minimum absolute atomic E-state index is 0.0417. The summed E-state index contributed by atoms with van der Waals surface area (Å²) in [6.45, 7) is 2.58. The Morgan fingerprint density at radius 1 is 1.42 bits per heavy atom. The number of aryl methyl sites for hydroxylation is 1. The van der Waals surface area contributed by atoms with Crippen molar-refractivity contribution in [3.05, 3.63) is 40.6 Å². The molecule has 6 heteroatoms. The van der Waals surface area contributed by atoms with Crippen LogP contribution in [0.5, 0.6) is 5.75 Å². The molecule has 2 aromatic rings. The van der Waals surface area contributed by atoms with Gasteiger partial charge < -0.3 is 4.74 Å². The number of hydrogen-bond acceptors (Lipinski definition) is 4. The number of non-ortho nitro benzene ring substituents is 1. The van der Waals surface area contributed by atoms with E-state index in [9.17, 15) is 10.1 Å². The van der Waals surface area contributed by atoms with E-state index in [1.807, 2.05) is 6.92 Å².